The van der Waals surface area contributed by atoms with Crippen molar-refractivity contribution >= 4 is 5.91 Å². The second-order valence-electron chi connectivity index (χ2n) is 7.32. The number of nitrogens with one attached hydrogen (secondary N) is 1. The topological polar surface area (TPSA) is 67.4 Å². The predicted octanol–water partition coefficient (Wildman–Crippen LogP) is 3.75. The van der Waals surface area contributed by atoms with Crippen LogP contribution in [0, 0.1) is 0 Å². The molecule has 0 bridgehead atoms. The minimum absolute atomic E-state index is 0.00285. The van der Waals surface area contributed by atoms with Crippen LogP contribution in [-0.4, -0.2) is 46.8 Å². The third kappa shape index (κ3) is 5.72. The Hall–Kier alpha value is -2.55. The van der Waals surface area contributed by atoms with Gasteiger partial charge in [0.25, 0.3) is 0 Å². The van der Waals surface area contributed by atoms with Gasteiger partial charge in [0.05, 0.1) is 23.1 Å². The molecule has 1 amide bonds. The van der Waals surface area contributed by atoms with E-state index in [1.165, 1.54) is 12.1 Å². The number of ether oxygens (including phenoxy) is 2. The highest BCUT2D eigenvalue weighted by Gasteiger charge is 2.31. The fraction of sp³-hybridized carbons (Fsp3) is 0.500. The molecule has 158 valence electrons. The number of rotatable bonds is 7. The molecule has 1 saturated heterocycles. The van der Waals surface area contributed by atoms with Gasteiger partial charge >= 0.3 is 6.18 Å². The van der Waals surface area contributed by atoms with E-state index in [9.17, 15) is 18.0 Å². The van der Waals surface area contributed by atoms with Crippen molar-refractivity contribution in [3.05, 3.63) is 47.3 Å². The van der Waals surface area contributed by atoms with Crippen LogP contribution in [0.1, 0.15) is 43.1 Å². The van der Waals surface area contributed by atoms with Crippen LogP contribution >= 0.6 is 0 Å². The molecule has 2 heterocycles. The summed E-state index contributed by atoms with van der Waals surface area (Å²) in [6.45, 7) is 5.12. The predicted molar refractivity (Wildman–Crippen MR) is 99.4 cm³/mol. The van der Waals surface area contributed by atoms with Gasteiger partial charge in [-0.2, -0.15) is 18.3 Å². The van der Waals surface area contributed by atoms with Gasteiger partial charge in [-0.3, -0.25) is 9.89 Å². The summed E-state index contributed by atoms with van der Waals surface area (Å²) in [6.07, 6.45) is -3.61. The van der Waals surface area contributed by atoms with Crippen molar-refractivity contribution in [2.75, 3.05) is 19.7 Å². The lowest BCUT2D eigenvalue weighted by atomic mass is 10.1. The van der Waals surface area contributed by atoms with Crippen LogP contribution in [0.4, 0.5) is 13.2 Å². The van der Waals surface area contributed by atoms with Gasteiger partial charge in [-0.25, -0.2) is 0 Å². The fourth-order valence-electron chi connectivity index (χ4n) is 3.14. The Kier molecular flexibility index (Phi) is 6.46. The third-order valence-electron chi connectivity index (χ3n) is 4.71. The first-order chi connectivity index (χ1) is 13.7. The van der Waals surface area contributed by atoms with E-state index < -0.39 is 11.7 Å². The molecule has 2 aromatic rings. The molecule has 0 unspecified atom stereocenters. The third-order valence-corrected chi connectivity index (χ3v) is 4.71. The summed E-state index contributed by atoms with van der Waals surface area (Å²) in [5.74, 6) is 0.208. The Balaban J connectivity index is 1.53. The molecule has 0 saturated carbocycles. The molecule has 0 spiro atoms. The van der Waals surface area contributed by atoms with Crippen molar-refractivity contribution in [3.8, 4) is 5.75 Å². The number of carbonyl (C=O) groups is 1. The summed E-state index contributed by atoms with van der Waals surface area (Å²) in [5, 5.41) is 7.14. The highest BCUT2D eigenvalue weighted by atomic mass is 19.4. The molecule has 29 heavy (non-hydrogen) atoms. The molecule has 0 radical (unpaired) electrons. The van der Waals surface area contributed by atoms with E-state index in [1.807, 2.05) is 19.9 Å². The van der Waals surface area contributed by atoms with Crippen molar-refractivity contribution in [2.24, 2.45) is 0 Å². The largest absolute Gasteiger partial charge is 0.487 e. The molecular formula is C20H24F3N3O3. The fourth-order valence-corrected chi connectivity index (χ4v) is 3.14. The summed E-state index contributed by atoms with van der Waals surface area (Å²) in [6, 6.07) is 6.59. The van der Waals surface area contributed by atoms with Gasteiger partial charge in [-0.15, -0.1) is 0 Å². The minimum atomic E-state index is -4.41. The van der Waals surface area contributed by atoms with Crippen LogP contribution in [0.15, 0.2) is 30.3 Å². The zero-order chi connectivity index (χ0) is 21.0. The van der Waals surface area contributed by atoms with Gasteiger partial charge in [0.2, 0.25) is 5.91 Å². The normalized spacial score (nSPS) is 17.2. The zero-order valence-corrected chi connectivity index (χ0v) is 16.3. The monoisotopic (exact) mass is 411 g/mol. The lowest BCUT2D eigenvalue weighted by molar-refractivity contribution is -0.138. The van der Waals surface area contributed by atoms with Crippen molar-refractivity contribution in [3.63, 3.8) is 0 Å². The smallest absolute Gasteiger partial charge is 0.416 e. The average Bonchev–Trinajstić information content (AvgIpc) is 3.33. The van der Waals surface area contributed by atoms with E-state index in [0.717, 1.165) is 24.2 Å². The van der Waals surface area contributed by atoms with E-state index in [2.05, 4.69) is 10.2 Å². The Morgan fingerprint density at radius 2 is 2.14 bits per heavy atom. The van der Waals surface area contributed by atoms with Crippen molar-refractivity contribution in [2.45, 2.75) is 45.1 Å². The van der Waals surface area contributed by atoms with Gasteiger partial charge in [0.1, 0.15) is 19.0 Å². The van der Waals surface area contributed by atoms with Gasteiger partial charge in [0.15, 0.2) is 0 Å². The van der Waals surface area contributed by atoms with Crippen molar-refractivity contribution in [1.29, 1.82) is 0 Å². The molecular weight excluding hydrogens is 387 g/mol. The SMILES string of the molecule is CC(C)OCC(=O)N1CC[C@H](c2cc(COc3cccc(C(F)(F)F)c3)[nH]n2)C1. The number of H-pyrrole nitrogens is 1. The van der Waals surface area contributed by atoms with E-state index >= 15 is 0 Å². The molecule has 1 aromatic carbocycles. The summed E-state index contributed by atoms with van der Waals surface area (Å²) in [4.78, 5) is 13.9. The van der Waals surface area contributed by atoms with Crippen LogP contribution in [0.3, 0.4) is 0 Å². The molecule has 1 aliphatic rings. The maximum absolute atomic E-state index is 12.8. The summed E-state index contributed by atoms with van der Waals surface area (Å²) in [5.41, 5.74) is 0.718. The number of aromatic amines is 1. The molecule has 1 aromatic heterocycles. The molecule has 9 heteroatoms. The number of aromatic nitrogens is 2. The maximum atomic E-state index is 12.8. The molecule has 6 nitrogen and oxygen atoms in total. The Bertz CT molecular complexity index is 836. The average molecular weight is 411 g/mol. The molecule has 3 rings (SSSR count). The Morgan fingerprint density at radius 3 is 2.86 bits per heavy atom. The second kappa shape index (κ2) is 8.86. The Morgan fingerprint density at radius 1 is 1.34 bits per heavy atom. The van der Waals surface area contributed by atoms with Crippen LogP contribution in [0.5, 0.6) is 5.75 Å². The number of carbonyl (C=O) groups excluding carboxylic acids is 1. The highest BCUT2D eigenvalue weighted by molar-refractivity contribution is 5.77. The van der Waals surface area contributed by atoms with Gasteiger partial charge in [-0.1, -0.05) is 6.07 Å². The first kappa shape index (κ1) is 21.2. The van der Waals surface area contributed by atoms with Gasteiger partial charge < -0.3 is 14.4 Å². The van der Waals surface area contributed by atoms with Crippen LogP contribution < -0.4 is 4.74 Å². The number of amides is 1. The first-order valence-electron chi connectivity index (χ1n) is 9.46. The lowest BCUT2D eigenvalue weighted by Crippen LogP contribution is -2.32. The minimum Gasteiger partial charge on any atom is -0.487 e. The van der Waals surface area contributed by atoms with Crippen LogP contribution in [0.2, 0.25) is 0 Å². The lowest BCUT2D eigenvalue weighted by Gasteiger charge is -2.17. The molecule has 1 atom stereocenters. The summed E-state index contributed by atoms with van der Waals surface area (Å²) < 4.78 is 49.2. The number of likely N-dealkylation sites (tertiary alicyclic amines) is 1. The van der Waals surface area contributed by atoms with Crippen LogP contribution in [-0.2, 0) is 22.3 Å². The Labute approximate surface area is 167 Å². The number of hydrogen-bond donors (Lipinski definition) is 1. The van der Waals surface area contributed by atoms with Crippen molar-refractivity contribution < 1.29 is 27.4 Å². The molecule has 1 fully saturated rings. The maximum Gasteiger partial charge on any atom is 0.416 e. The number of nitrogens with zero attached hydrogens (tertiary/aromatic N) is 2. The van der Waals surface area contributed by atoms with E-state index in [1.54, 1.807) is 4.90 Å². The quantitative estimate of drug-likeness (QED) is 0.754. The standard InChI is InChI=1S/C20H24F3N3O3/c1-13(2)28-12-19(27)26-7-6-14(10-26)18-9-16(24-25-18)11-29-17-5-3-4-15(8-17)20(21,22)23/h3-5,8-9,13-14H,6-7,10-12H2,1-2H3,(H,24,25)/t14-/m0/s1. The zero-order valence-electron chi connectivity index (χ0n) is 16.3. The van der Waals surface area contributed by atoms with E-state index in [-0.39, 0.29) is 36.9 Å². The van der Waals surface area contributed by atoms with E-state index in [0.29, 0.717) is 18.8 Å². The second-order valence-corrected chi connectivity index (χ2v) is 7.32. The molecule has 1 aliphatic heterocycles. The number of benzene rings is 1. The van der Waals surface area contributed by atoms with Crippen molar-refractivity contribution in [1.82, 2.24) is 15.1 Å². The first-order valence-corrected chi connectivity index (χ1v) is 9.46. The molecule has 1 N–H and O–H groups in total. The number of halogens is 3. The van der Waals surface area contributed by atoms with Crippen LogP contribution in [0.25, 0.3) is 0 Å². The number of alkyl halides is 3. The van der Waals surface area contributed by atoms with Gasteiger partial charge in [-0.05, 0) is 44.5 Å². The summed E-state index contributed by atoms with van der Waals surface area (Å²) in [7, 11) is 0. The van der Waals surface area contributed by atoms with Gasteiger partial charge in [0, 0.05) is 19.0 Å². The number of hydrogen-bond acceptors (Lipinski definition) is 4. The summed E-state index contributed by atoms with van der Waals surface area (Å²) >= 11 is 0. The molecule has 0 aliphatic carbocycles. The van der Waals surface area contributed by atoms with E-state index in [4.69, 9.17) is 9.47 Å². The highest BCUT2D eigenvalue weighted by Crippen LogP contribution is 2.31.